The van der Waals surface area contributed by atoms with Gasteiger partial charge in [0, 0.05) is 30.7 Å². The van der Waals surface area contributed by atoms with Gasteiger partial charge in [-0.25, -0.2) is 4.79 Å². The second-order valence-corrected chi connectivity index (χ2v) is 7.43. The van der Waals surface area contributed by atoms with Gasteiger partial charge in [0.25, 0.3) is 0 Å². The van der Waals surface area contributed by atoms with Crippen LogP contribution in [0.25, 0.3) is 0 Å². The second kappa shape index (κ2) is 7.81. The lowest BCUT2D eigenvalue weighted by Gasteiger charge is -2.40. The van der Waals surface area contributed by atoms with E-state index in [1.807, 2.05) is 6.07 Å². The predicted molar refractivity (Wildman–Crippen MR) is 95.6 cm³/mol. The number of carboxylic acid groups (broad SMARTS) is 1. The highest BCUT2D eigenvalue weighted by Crippen LogP contribution is 2.38. The van der Waals surface area contributed by atoms with Crippen LogP contribution in [0.5, 0.6) is 11.5 Å². The molecule has 0 aliphatic carbocycles. The molecule has 2 aliphatic heterocycles. The van der Waals surface area contributed by atoms with Crippen molar-refractivity contribution < 1.29 is 19.4 Å². The van der Waals surface area contributed by atoms with Gasteiger partial charge < -0.3 is 19.9 Å². The quantitative estimate of drug-likeness (QED) is 0.803. The highest BCUT2D eigenvalue weighted by atomic mass is 35.5. The maximum Gasteiger partial charge on any atom is 0.341 e. The Morgan fingerprint density at radius 3 is 2.92 bits per heavy atom. The van der Waals surface area contributed by atoms with Crippen LogP contribution in [0, 0.1) is 5.41 Å². The van der Waals surface area contributed by atoms with E-state index in [9.17, 15) is 4.79 Å². The Morgan fingerprint density at radius 1 is 1.40 bits per heavy atom. The van der Waals surface area contributed by atoms with E-state index in [2.05, 4.69) is 10.2 Å². The van der Waals surface area contributed by atoms with Gasteiger partial charge in [0.1, 0.15) is 0 Å². The average molecular weight is 369 g/mol. The molecule has 0 radical (unpaired) electrons. The summed E-state index contributed by atoms with van der Waals surface area (Å²) in [6.07, 6.45) is 3.73. The average Bonchev–Trinajstić information content (AvgIpc) is 3.02. The number of hydrogen-bond acceptors (Lipinski definition) is 5. The van der Waals surface area contributed by atoms with Crippen molar-refractivity contribution in [3.63, 3.8) is 0 Å². The maximum absolute atomic E-state index is 10.7. The predicted octanol–water partition coefficient (Wildman–Crippen LogP) is 2.39. The summed E-state index contributed by atoms with van der Waals surface area (Å²) in [5.41, 5.74) is 1.38. The van der Waals surface area contributed by atoms with Crippen LogP contribution in [0.2, 0.25) is 5.02 Å². The minimum atomic E-state index is -1.04. The fourth-order valence-electron chi connectivity index (χ4n) is 3.94. The molecule has 2 aliphatic rings. The molecule has 0 aromatic heterocycles. The number of rotatable bonds is 6. The van der Waals surface area contributed by atoms with Crippen molar-refractivity contribution in [1.82, 2.24) is 10.2 Å². The van der Waals surface area contributed by atoms with E-state index in [4.69, 9.17) is 26.2 Å². The van der Waals surface area contributed by atoms with Crippen molar-refractivity contribution in [3.05, 3.63) is 22.7 Å². The van der Waals surface area contributed by atoms with Gasteiger partial charge >= 0.3 is 5.97 Å². The third kappa shape index (κ3) is 4.37. The molecular weight excluding hydrogens is 344 g/mol. The molecule has 1 aromatic rings. The summed E-state index contributed by atoms with van der Waals surface area (Å²) < 4.78 is 10.6. The number of methoxy groups -OCH3 is 1. The van der Waals surface area contributed by atoms with Gasteiger partial charge in [-0.15, -0.1) is 0 Å². The van der Waals surface area contributed by atoms with E-state index in [1.54, 1.807) is 13.2 Å². The van der Waals surface area contributed by atoms with Crippen molar-refractivity contribution in [1.29, 1.82) is 0 Å². The lowest BCUT2D eigenvalue weighted by atomic mass is 9.79. The van der Waals surface area contributed by atoms with Crippen LogP contribution >= 0.6 is 11.6 Å². The third-order valence-corrected chi connectivity index (χ3v) is 5.50. The van der Waals surface area contributed by atoms with Crippen LogP contribution in [-0.4, -0.2) is 55.9 Å². The zero-order valence-electron chi connectivity index (χ0n) is 14.5. The van der Waals surface area contributed by atoms with Gasteiger partial charge in [0.2, 0.25) is 0 Å². The van der Waals surface area contributed by atoms with Crippen molar-refractivity contribution in [2.24, 2.45) is 5.41 Å². The maximum atomic E-state index is 10.7. The first-order chi connectivity index (χ1) is 12.0. The molecule has 6 nitrogen and oxygen atoms in total. The minimum Gasteiger partial charge on any atom is -0.493 e. The van der Waals surface area contributed by atoms with Crippen molar-refractivity contribution in [2.75, 3.05) is 39.9 Å². The van der Waals surface area contributed by atoms with Gasteiger partial charge in [0.15, 0.2) is 18.1 Å². The number of likely N-dealkylation sites (tertiary alicyclic amines) is 1. The Kier molecular flexibility index (Phi) is 5.71. The molecule has 1 spiro atoms. The number of carboxylic acids is 1. The molecule has 7 heteroatoms. The summed E-state index contributed by atoms with van der Waals surface area (Å²) in [5.74, 6) is -0.172. The molecular formula is C18H25ClN2O4. The highest BCUT2D eigenvalue weighted by Gasteiger charge is 2.37. The van der Waals surface area contributed by atoms with Gasteiger partial charge in [-0.05, 0) is 49.4 Å². The topological polar surface area (TPSA) is 71.0 Å². The largest absolute Gasteiger partial charge is 0.493 e. The molecule has 2 N–H and O–H groups in total. The normalized spacial score (nSPS) is 23.8. The Bertz CT molecular complexity index is 632. The van der Waals surface area contributed by atoms with E-state index in [0.717, 1.165) is 38.3 Å². The first kappa shape index (κ1) is 18.3. The molecule has 25 heavy (non-hydrogen) atoms. The van der Waals surface area contributed by atoms with Crippen molar-refractivity contribution in [2.45, 2.75) is 25.8 Å². The SMILES string of the molecule is COc1cc(CN2CCCC3(CCNC3)C2)c(Cl)cc1OCC(=O)O. The number of piperidine rings is 1. The van der Waals surface area contributed by atoms with Gasteiger partial charge in [0.05, 0.1) is 7.11 Å². The Hall–Kier alpha value is -1.50. The highest BCUT2D eigenvalue weighted by molar-refractivity contribution is 6.31. The fraction of sp³-hybridized carbons (Fsp3) is 0.611. The smallest absolute Gasteiger partial charge is 0.341 e. The summed E-state index contributed by atoms with van der Waals surface area (Å²) in [4.78, 5) is 13.2. The number of nitrogens with one attached hydrogen (secondary N) is 1. The summed E-state index contributed by atoms with van der Waals surface area (Å²) in [5, 5.41) is 12.8. The van der Waals surface area contributed by atoms with Gasteiger partial charge in [-0.3, -0.25) is 4.90 Å². The molecule has 3 rings (SSSR count). The zero-order valence-corrected chi connectivity index (χ0v) is 15.3. The fourth-order valence-corrected chi connectivity index (χ4v) is 4.15. The second-order valence-electron chi connectivity index (χ2n) is 7.02. The summed E-state index contributed by atoms with van der Waals surface area (Å²) in [6, 6.07) is 3.50. The summed E-state index contributed by atoms with van der Waals surface area (Å²) >= 11 is 6.42. The number of halogens is 1. The molecule has 138 valence electrons. The molecule has 2 heterocycles. The number of hydrogen-bond donors (Lipinski definition) is 2. The number of aliphatic carboxylic acids is 1. The van der Waals surface area contributed by atoms with E-state index < -0.39 is 12.6 Å². The molecule has 0 bridgehead atoms. The molecule has 0 saturated carbocycles. The van der Waals surface area contributed by atoms with Gasteiger partial charge in [-0.1, -0.05) is 11.6 Å². The number of nitrogens with zero attached hydrogens (tertiary/aromatic N) is 1. The Labute approximate surface area is 153 Å². The minimum absolute atomic E-state index is 0.355. The van der Waals surface area contributed by atoms with E-state index in [0.29, 0.717) is 21.9 Å². The summed E-state index contributed by atoms with van der Waals surface area (Å²) in [6.45, 7) is 4.69. The van der Waals surface area contributed by atoms with Crippen LogP contribution < -0.4 is 14.8 Å². The number of benzene rings is 1. The zero-order chi connectivity index (χ0) is 17.9. The molecule has 2 fully saturated rings. The van der Waals surface area contributed by atoms with Crippen LogP contribution in [0.15, 0.2) is 12.1 Å². The lowest BCUT2D eigenvalue weighted by Crippen LogP contribution is -2.44. The molecule has 1 unspecified atom stereocenters. The number of carbonyl (C=O) groups is 1. The standard InChI is InChI=1S/C18H25ClN2O4/c1-24-15-7-13(14(19)8-16(15)25-10-17(22)23)9-21-6-2-3-18(12-21)4-5-20-11-18/h7-8,20H,2-6,9-12H2,1H3,(H,22,23). The Balaban J connectivity index is 1.72. The molecule has 2 saturated heterocycles. The molecule has 1 aromatic carbocycles. The van der Waals surface area contributed by atoms with Crippen LogP contribution in [-0.2, 0) is 11.3 Å². The monoisotopic (exact) mass is 368 g/mol. The molecule has 0 amide bonds. The van der Waals surface area contributed by atoms with E-state index in [1.165, 1.54) is 19.3 Å². The number of ether oxygens (including phenoxy) is 2. The Morgan fingerprint density at radius 2 is 2.24 bits per heavy atom. The van der Waals surface area contributed by atoms with Crippen molar-refractivity contribution >= 4 is 17.6 Å². The van der Waals surface area contributed by atoms with E-state index in [-0.39, 0.29) is 0 Å². The van der Waals surface area contributed by atoms with Crippen LogP contribution in [0.1, 0.15) is 24.8 Å². The van der Waals surface area contributed by atoms with Crippen LogP contribution in [0.4, 0.5) is 0 Å². The van der Waals surface area contributed by atoms with Crippen molar-refractivity contribution in [3.8, 4) is 11.5 Å². The first-order valence-corrected chi connectivity index (χ1v) is 9.03. The third-order valence-electron chi connectivity index (χ3n) is 5.15. The van der Waals surface area contributed by atoms with Crippen LogP contribution in [0.3, 0.4) is 0 Å². The first-order valence-electron chi connectivity index (χ1n) is 8.65. The van der Waals surface area contributed by atoms with E-state index >= 15 is 0 Å². The summed E-state index contributed by atoms with van der Waals surface area (Å²) in [7, 11) is 1.54. The molecule has 1 atom stereocenters. The van der Waals surface area contributed by atoms with Gasteiger partial charge in [-0.2, -0.15) is 0 Å². The lowest BCUT2D eigenvalue weighted by molar-refractivity contribution is -0.139.